The topological polar surface area (TPSA) is 108 Å². The van der Waals surface area contributed by atoms with Crippen LogP contribution in [-0.2, 0) is 4.74 Å². The van der Waals surface area contributed by atoms with E-state index in [0.29, 0.717) is 5.69 Å². The molecule has 0 aliphatic heterocycles. The average molecular weight is 284 g/mol. The monoisotopic (exact) mass is 284 g/mol. The van der Waals surface area contributed by atoms with E-state index in [2.05, 4.69) is 16.0 Å². The lowest BCUT2D eigenvalue weighted by Gasteiger charge is -2.19. The average Bonchev–Trinajstić information content (AvgIpc) is 2.74. The van der Waals surface area contributed by atoms with Gasteiger partial charge in [-0.05, 0) is 32.9 Å². The maximum atomic E-state index is 11.5. The van der Waals surface area contributed by atoms with Gasteiger partial charge in [-0.1, -0.05) is 0 Å². The summed E-state index contributed by atoms with van der Waals surface area (Å²) in [6.45, 7) is 5.14. The van der Waals surface area contributed by atoms with Gasteiger partial charge in [0.2, 0.25) is 0 Å². The highest BCUT2D eigenvalue weighted by molar-refractivity contribution is 6.01. The van der Waals surface area contributed by atoms with Crippen LogP contribution in [0.25, 0.3) is 0 Å². The predicted octanol–water partition coefficient (Wildman–Crippen LogP) is 0.201. The van der Waals surface area contributed by atoms with Gasteiger partial charge in [0.15, 0.2) is 6.29 Å². The van der Waals surface area contributed by atoms with E-state index in [9.17, 15) is 15.0 Å². The molecule has 0 fully saturated rings. The molecule has 0 aliphatic rings. The number of nitrogens with one attached hydrogen (secondary N) is 2. The molecule has 8 heteroatoms. The first kappa shape index (κ1) is 16.0. The Morgan fingerprint density at radius 1 is 1.45 bits per heavy atom. The van der Waals surface area contributed by atoms with E-state index in [-0.39, 0.29) is 5.71 Å². The molecule has 4 N–H and O–H groups in total. The van der Waals surface area contributed by atoms with Crippen molar-refractivity contribution in [3.05, 3.63) is 24.0 Å². The van der Waals surface area contributed by atoms with Crippen LogP contribution in [0.1, 0.15) is 26.5 Å². The number of aliphatic hydroxyl groups excluding tert-OH is 1. The molecule has 0 unspecified atom stereocenters. The van der Waals surface area contributed by atoms with Gasteiger partial charge >= 0.3 is 6.09 Å². The summed E-state index contributed by atoms with van der Waals surface area (Å²) in [4.78, 5) is 11.5. The number of hydrogen-bond donors (Lipinski definition) is 4. The van der Waals surface area contributed by atoms with Crippen molar-refractivity contribution in [2.75, 3.05) is 12.5 Å². The lowest BCUT2D eigenvalue weighted by molar-refractivity contribution is 0.0192. The zero-order valence-electron chi connectivity index (χ0n) is 11.9. The van der Waals surface area contributed by atoms with Crippen molar-refractivity contribution in [2.45, 2.75) is 32.7 Å². The van der Waals surface area contributed by atoms with Gasteiger partial charge in [0.25, 0.3) is 0 Å². The minimum Gasteiger partial charge on any atom is -0.443 e. The van der Waals surface area contributed by atoms with Crippen molar-refractivity contribution in [1.29, 1.82) is 0 Å². The zero-order valence-corrected chi connectivity index (χ0v) is 11.9. The Kier molecular flexibility index (Phi) is 5.12. The highest BCUT2D eigenvalue weighted by Crippen LogP contribution is 2.07. The van der Waals surface area contributed by atoms with Crippen LogP contribution >= 0.6 is 0 Å². The van der Waals surface area contributed by atoms with Crippen molar-refractivity contribution >= 4 is 11.8 Å². The Morgan fingerprint density at radius 2 is 2.10 bits per heavy atom. The highest BCUT2D eigenvalue weighted by Gasteiger charge is 2.19. The van der Waals surface area contributed by atoms with Crippen LogP contribution in [-0.4, -0.2) is 45.6 Å². The molecular weight excluding hydrogens is 264 g/mol. The molecule has 0 atom stereocenters. The second kappa shape index (κ2) is 6.40. The Morgan fingerprint density at radius 3 is 2.60 bits per heavy atom. The summed E-state index contributed by atoms with van der Waals surface area (Å²) in [5.41, 5.74) is 4.55. The number of rotatable bonds is 4. The van der Waals surface area contributed by atoms with Crippen LogP contribution in [0.4, 0.5) is 4.79 Å². The van der Waals surface area contributed by atoms with Gasteiger partial charge in [-0.25, -0.2) is 10.2 Å². The van der Waals surface area contributed by atoms with Crippen molar-refractivity contribution < 1.29 is 19.7 Å². The van der Waals surface area contributed by atoms with Crippen LogP contribution in [0.5, 0.6) is 0 Å². The molecule has 1 aromatic heterocycles. The number of amides is 1. The fourth-order valence-electron chi connectivity index (χ4n) is 1.44. The van der Waals surface area contributed by atoms with Gasteiger partial charge in [0.05, 0.1) is 5.69 Å². The molecule has 1 amide bonds. The minimum absolute atomic E-state index is 0.116. The summed E-state index contributed by atoms with van der Waals surface area (Å²) in [5, 5.41) is 22.4. The third-order valence-electron chi connectivity index (χ3n) is 2.16. The first-order valence-electron chi connectivity index (χ1n) is 6.03. The molecule has 0 aliphatic carbocycles. The van der Waals surface area contributed by atoms with Crippen molar-refractivity contribution in [1.82, 2.24) is 10.1 Å². The number of hydrogen-bond acceptors (Lipinski definition) is 6. The lowest BCUT2D eigenvalue weighted by atomic mass is 10.2. The second-order valence-electron chi connectivity index (χ2n) is 4.97. The number of nitrogens with zero attached hydrogens (tertiary/aromatic N) is 2. The van der Waals surface area contributed by atoms with E-state index in [1.807, 2.05) is 0 Å². The summed E-state index contributed by atoms with van der Waals surface area (Å²) in [6, 6.07) is 3.31. The van der Waals surface area contributed by atoms with E-state index >= 15 is 0 Å². The van der Waals surface area contributed by atoms with Crippen LogP contribution in [0.2, 0.25) is 0 Å². The van der Waals surface area contributed by atoms with Crippen molar-refractivity contribution in [3.63, 3.8) is 0 Å². The van der Waals surface area contributed by atoms with Crippen molar-refractivity contribution in [2.24, 2.45) is 5.10 Å². The quantitative estimate of drug-likeness (QED) is 0.359. The molecule has 0 bridgehead atoms. The Bertz CT molecular complexity index is 488. The molecule has 1 aromatic rings. The number of carbonyl (C=O) groups excluding carboxylic acids is 1. The second-order valence-corrected chi connectivity index (χ2v) is 4.97. The van der Waals surface area contributed by atoms with Crippen LogP contribution < -0.4 is 10.9 Å². The molecule has 0 saturated heterocycles. The van der Waals surface area contributed by atoms with E-state index in [0.717, 1.165) is 0 Å². The molecular formula is C12H20N4O4. The number of hydrazone groups is 1. The molecule has 0 aromatic carbocycles. The molecule has 0 saturated carbocycles. The minimum atomic E-state index is -1.84. The van der Waals surface area contributed by atoms with E-state index < -0.39 is 18.0 Å². The Hall–Kier alpha value is -2.06. The van der Waals surface area contributed by atoms with E-state index in [1.54, 1.807) is 46.1 Å². The normalized spacial score (nSPS) is 12.4. The Labute approximate surface area is 117 Å². The Balaban J connectivity index is 2.87. The number of aliphatic hydroxyl groups is 2. The lowest BCUT2D eigenvalue weighted by Crippen LogP contribution is -2.33. The zero-order chi connectivity index (χ0) is 15.3. The van der Waals surface area contributed by atoms with Gasteiger partial charge in [0, 0.05) is 13.2 Å². The standard InChI is InChI=1S/C12H20N4O4/c1-12(2,3)20-11(19)15-14-9(10(17)18)8-6-5-7-16(8)13-4/h5-7,10,13,17-18H,1-4H3,(H,15,19)/b14-9+. The van der Waals surface area contributed by atoms with E-state index in [1.165, 1.54) is 4.68 Å². The smallest absolute Gasteiger partial charge is 0.428 e. The molecule has 1 rings (SSSR count). The summed E-state index contributed by atoms with van der Waals surface area (Å²) < 4.78 is 6.52. The highest BCUT2D eigenvalue weighted by atomic mass is 16.6. The van der Waals surface area contributed by atoms with Gasteiger partial charge < -0.3 is 20.4 Å². The maximum Gasteiger partial charge on any atom is 0.428 e. The summed E-state index contributed by atoms with van der Waals surface area (Å²) in [6.07, 6.45) is -0.953. The molecule has 20 heavy (non-hydrogen) atoms. The van der Waals surface area contributed by atoms with Crippen LogP contribution in [0.3, 0.4) is 0 Å². The first-order valence-corrected chi connectivity index (χ1v) is 6.03. The molecule has 0 spiro atoms. The van der Waals surface area contributed by atoms with Gasteiger partial charge in [-0.3, -0.25) is 4.68 Å². The number of aromatic nitrogens is 1. The third-order valence-corrected chi connectivity index (χ3v) is 2.16. The fourth-order valence-corrected chi connectivity index (χ4v) is 1.44. The molecule has 1 heterocycles. The predicted molar refractivity (Wildman–Crippen MR) is 73.8 cm³/mol. The van der Waals surface area contributed by atoms with Gasteiger partial charge in [0.1, 0.15) is 11.3 Å². The largest absolute Gasteiger partial charge is 0.443 e. The number of carbonyl (C=O) groups is 1. The number of ether oxygens (including phenoxy) is 1. The van der Waals surface area contributed by atoms with Crippen LogP contribution in [0.15, 0.2) is 23.4 Å². The van der Waals surface area contributed by atoms with Crippen LogP contribution in [0, 0.1) is 0 Å². The molecule has 112 valence electrons. The first-order chi connectivity index (χ1) is 9.24. The van der Waals surface area contributed by atoms with Crippen molar-refractivity contribution in [3.8, 4) is 0 Å². The fraction of sp³-hybridized carbons (Fsp3) is 0.500. The van der Waals surface area contributed by atoms with E-state index in [4.69, 9.17) is 4.74 Å². The molecule has 8 nitrogen and oxygen atoms in total. The maximum absolute atomic E-state index is 11.5. The summed E-state index contributed by atoms with van der Waals surface area (Å²) >= 11 is 0. The van der Waals surface area contributed by atoms with Gasteiger partial charge in [-0.2, -0.15) is 5.10 Å². The summed E-state index contributed by atoms with van der Waals surface area (Å²) in [5.74, 6) is 0. The molecule has 0 radical (unpaired) electrons. The summed E-state index contributed by atoms with van der Waals surface area (Å²) in [7, 11) is 1.66. The SMILES string of the molecule is CNn1cccc1/C(=N\NC(=O)OC(C)(C)C)C(O)O. The van der Waals surface area contributed by atoms with Gasteiger partial charge in [-0.15, -0.1) is 0 Å². The third kappa shape index (κ3) is 4.56.